The molecule has 26 heavy (non-hydrogen) atoms. The summed E-state index contributed by atoms with van der Waals surface area (Å²) in [6.07, 6.45) is 6.74. The minimum absolute atomic E-state index is 0. The Labute approximate surface area is 162 Å². The summed E-state index contributed by atoms with van der Waals surface area (Å²) in [6, 6.07) is 11.2. The van der Waals surface area contributed by atoms with Crippen LogP contribution in [-0.2, 0) is 19.3 Å². The zero-order chi connectivity index (χ0) is 17.1. The van der Waals surface area contributed by atoms with Gasteiger partial charge in [-0.25, -0.2) is 9.97 Å². The third-order valence-corrected chi connectivity index (χ3v) is 5.49. The summed E-state index contributed by atoms with van der Waals surface area (Å²) in [5, 5.41) is 3.52. The Kier molecular flexibility index (Phi) is 6.49. The van der Waals surface area contributed by atoms with E-state index in [2.05, 4.69) is 47.5 Å². The van der Waals surface area contributed by atoms with Crippen molar-refractivity contribution in [3.05, 3.63) is 53.0 Å². The molecule has 1 unspecified atom stereocenters. The van der Waals surface area contributed by atoms with Gasteiger partial charge in [-0.05, 0) is 44.7 Å². The fourth-order valence-electron chi connectivity index (χ4n) is 4.08. The van der Waals surface area contributed by atoms with Gasteiger partial charge in [0.05, 0.1) is 5.69 Å². The van der Waals surface area contributed by atoms with Gasteiger partial charge < -0.3 is 10.2 Å². The second-order valence-electron chi connectivity index (χ2n) is 7.34. The molecule has 3 heterocycles. The molecule has 1 saturated heterocycles. The van der Waals surface area contributed by atoms with Gasteiger partial charge >= 0.3 is 0 Å². The molecule has 1 N–H and O–H groups in total. The molecule has 0 bridgehead atoms. The average Bonchev–Trinajstić information content (AvgIpc) is 2.88. The summed E-state index contributed by atoms with van der Waals surface area (Å²) >= 11 is 0. The maximum absolute atomic E-state index is 5.08. The molecule has 1 atom stereocenters. The molecule has 1 aromatic carbocycles. The van der Waals surface area contributed by atoms with Gasteiger partial charge in [-0.2, -0.15) is 0 Å². The highest BCUT2D eigenvalue weighted by atomic mass is 35.5. The van der Waals surface area contributed by atoms with E-state index in [0.717, 1.165) is 44.7 Å². The molecule has 5 heteroatoms. The molecule has 0 aliphatic carbocycles. The maximum Gasteiger partial charge on any atom is 0.136 e. The molecule has 0 spiro atoms. The summed E-state index contributed by atoms with van der Waals surface area (Å²) < 4.78 is 0. The molecule has 1 fully saturated rings. The van der Waals surface area contributed by atoms with Crippen LogP contribution in [0.4, 0.5) is 5.82 Å². The number of nitrogens with one attached hydrogen (secondary N) is 1. The van der Waals surface area contributed by atoms with Crippen LogP contribution in [-0.4, -0.2) is 35.6 Å². The van der Waals surface area contributed by atoms with Gasteiger partial charge in [0.25, 0.3) is 0 Å². The molecule has 2 aliphatic heterocycles. The van der Waals surface area contributed by atoms with E-state index in [1.165, 1.54) is 41.9 Å². The second kappa shape index (κ2) is 8.83. The summed E-state index contributed by atoms with van der Waals surface area (Å²) in [6.45, 7) is 5.52. The van der Waals surface area contributed by atoms with Crippen molar-refractivity contribution in [1.29, 1.82) is 0 Å². The predicted octanol–water partition coefficient (Wildman–Crippen LogP) is 3.56. The van der Waals surface area contributed by atoms with E-state index in [1.54, 1.807) is 0 Å². The van der Waals surface area contributed by atoms with Crippen LogP contribution >= 0.6 is 12.4 Å². The lowest BCUT2D eigenvalue weighted by Gasteiger charge is -2.36. The van der Waals surface area contributed by atoms with Crippen LogP contribution in [0, 0.1) is 0 Å². The van der Waals surface area contributed by atoms with Crippen LogP contribution in [0.5, 0.6) is 0 Å². The number of hydrogen-bond acceptors (Lipinski definition) is 4. The largest absolute Gasteiger partial charge is 0.354 e. The monoisotopic (exact) mass is 372 g/mol. The van der Waals surface area contributed by atoms with E-state index in [0.29, 0.717) is 6.04 Å². The quantitative estimate of drug-likeness (QED) is 0.894. The summed E-state index contributed by atoms with van der Waals surface area (Å²) in [5.74, 6) is 2.19. The molecule has 4 rings (SSSR count). The SMILES string of the molecule is CC1CCCCN1c1nc(Cc2ccccc2)nc2c1CCNCC2.Cl. The first kappa shape index (κ1) is 19.1. The number of fused-ring (bicyclic) bond motifs is 1. The Balaban J connectivity index is 0.00000196. The number of hydrogen-bond donors (Lipinski definition) is 1. The van der Waals surface area contributed by atoms with Crippen LogP contribution in [0.1, 0.15) is 48.8 Å². The van der Waals surface area contributed by atoms with E-state index in [1.807, 2.05) is 0 Å². The van der Waals surface area contributed by atoms with Crippen LogP contribution in [0.25, 0.3) is 0 Å². The van der Waals surface area contributed by atoms with Crippen molar-refractivity contribution < 1.29 is 0 Å². The van der Waals surface area contributed by atoms with E-state index in [-0.39, 0.29) is 12.4 Å². The zero-order valence-corrected chi connectivity index (χ0v) is 16.4. The Morgan fingerprint density at radius 1 is 1.08 bits per heavy atom. The zero-order valence-electron chi connectivity index (χ0n) is 15.6. The highest BCUT2D eigenvalue weighted by Gasteiger charge is 2.25. The molecular formula is C21H29ClN4. The van der Waals surface area contributed by atoms with Gasteiger partial charge in [-0.1, -0.05) is 30.3 Å². The van der Waals surface area contributed by atoms with Crippen molar-refractivity contribution in [2.45, 2.75) is 51.5 Å². The summed E-state index contributed by atoms with van der Waals surface area (Å²) in [7, 11) is 0. The van der Waals surface area contributed by atoms with Crippen molar-refractivity contribution in [2.24, 2.45) is 0 Å². The molecule has 4 nitrogen and oxygen atoms in total. The Bertz CT molecular complexity index is 719. The van der Waals surface area contributed by atoms with Gasteiger partial charge in [0.2, 0.25) is 0 Å². The van der Waals surface area contributed by atoms with Crippen LogP contribution in [0.2, 0.25) is 0 Å². The first-order chi connectivity index (χ1) is 12.3. The Morgan fingerprint density at radius 2 is 1.88 bits per heavy atom. The molecular weight excluding hydrogens is 344 g/mol. The van der Waals surface area contributed by atoms with Crippen LogP contribution in [0.15, 0.2) is 30.3 Å². The van der Waals surface area contributed by atoms with E-state index in [9.17, 15) is 0 Å². The predicted molar refractivity (Wildman–Crippen MR) is 109 cm³/mol. The normalized spacial score (nSPS) is 20.0. The molecule has 1 aromatic heterocycles. The molecule has 2 aromatic rings. The number of piperidine rings is 1. The van der Waals surface area contributed by atoms with E-state index in [4.69, 9.17) is 9.97 Å². The number of benzene rings is 1. The van der Waals surface area contributed by atoms with Gasteiger partial charge in [-0.3, -0.25) is 0 Å². The summed E-state index contributed by atoms with van der Waals surface area (Å²) in [4.78, 5) is 12.6. The van der Waals surface area contributed by atoms with E-state index >= 15 is 0 Å². The molecule has 2 aliphatic rings. The third kappa shape index (κ3) is 4.18. The van der Waals surface area contributed by atoms with Gasteiger partial charge in [0, 0.05) is 37.5 Å². The topological polar surface area (TPSA) is 41.1 Å². The van der Waals surface area contributed by atoms with Crippen LogP contribution < -0.4 is 10.2 Å². The minimum atomic E-state index is 0. The van der Waals surface area contributed by atoms with Crippen molar-refractivity contribution in [3.8, 4) is 0 Å². The first-order valence-corrected chi connectivity index (χ1v) is 9.71. The lowest BCUT2D eigenvalue weighted by atomic mass is 10.0. The molecule has 0 radical (unpaired) electrons. The highest BCUT2D eigenvalue weighted by molar-refractivity contribution is 5.85. The number of nitrogens with zero attached hydrogens (tertiary/aromatic N) is 3. The Hall–Kier alpha value is -1.65. The smallest absolute Gasteiger partial charge is 0.136 e. The lowest BCUT2D eigenvalue weighted by molar-refractivity contribution is 0.478. The lowest BCUT2D eigenvalue weighted by Crippen LogP contribution is -2.39. The average molecular weight is 373 g/mol. The van der Waals surface area contributed by atoms with Crippen molar-refractivity contribution in [3.63, 3.8) is 0 Å². The van der Waals surface area contributed by atoms with E-state index < -0.39 is 0 Å². The number of rotatable bonds is 3. The van der Waals surface area contributed by atoms with Crippen LogP contribution in [0.3, 0.4) is 0 Å². The van der Waals surface area contributed by atoms with Crippen molar-refractivity contribution >= 4 is 18.2 Å². The number of halogens is 1. The highest BCUT2D eigenvalue weighted by Crippen LogP contribution is 2.29. The van der Waals surface area contributed by atoms with Crippen molar-refractivity contribution in [1.82, 2.24) is 15.3 Å². The third-order valence-electron chi connectivity index (χ3n) is 5.49. The number of aromatic nitrogens is 2. The van der Waals surface area contributed by atoms with Gasteiger partial charge in [-0.15, -0.1) is 12.4 Å². The fourth-order valence-corrected chi connectivity index (χ4v) is 4.08. The van der Waals surface area contributed by atoms with Gasteiger partial charge in [0.15, 0.2) is 0 Å². The molecule has 140 valence electrons. The molecule has 0 amide bonds. The maximum atomic E-state index is 5.08. The first-order valence-electron chi connectivity index (χ1n) is 9.71. The number of anilines is 1. The fraction of sp³-hybridized carbons (Fsp3) is 0.524. The summed E-state index contributed by atoms with van der Waals surface area (Å²) in [5.41, 5.74) is 3.93. The second-order valence-corrected chi connectivity index (χ2v) is 7.34. The van der Waals surface area contributed by atoms with Gasteiger partial charge in [0.1, 0.15) is 11.6 Å². The van der Waals surface area contributed by atoms with Crippen molar-refractivity contribution in [2.75, 3.05) is 24.5 Å². The Morgan fingerprint density at radius 3 is 2.69 bits per heavy atom. The standard InChI is InChI=1S/C21H28N4.ClH/c1-16-7-5-6-14-25(16)21-18-10-12-22-13-11-19(18)23-20(24-21)15-17-8-3-2-4-9-17;/h2-4,8-9,16,22H,5-7,10-15H2,1H3;1H. The minimum Gasteiger partial charge on any atom is -0.354 e. The molecule has 0 saturated carbocycles.